The van der Waals surface area contributed by atoms with E-state index in [-0.39, 0.29) is 17.8 Å². The van der Waals surface area contributed by atoms with Gasteiger partial charge in [-0.15, -0.1) is 0 Å². The van der Waals surface area contributed by atoms with Gasteiger partial charge in [-0.3, -0.25) is 4.90 Å². The maximum Gasteiger partial charge on any atom is 0.322 e. The van der Waals surface area contributed by atoms with Crippen LogP contribution in [0.25, 0.3) is 0 Å². The number of carbonyl (C=O) groups is 1. The van der Waals surface area contributed by atoms with Crippen LogP contribution >= 0.6 is 0 Å². The molecule has 0 aliphatic carbocycles. The molecule has 1 aromatic rings. The molecule has 1 aliphatic heterocycles. The highest BCUT2D eigenvalue weighted by Gasteiger charge is 2.21. The molecule has 18 heavy (non-hydrogen) atoms. The Morgan fingerprint density at radius 3 is 3.06 bits per heavy atom. The number of nitrogens with zero attached hydrogens (tertiary/aromatic N) is 1. The number of amides is 2. The summed E-state index contributed by atoms with van der Waals surface area (Å²) in [6.07, 6.45) is 0.851. The molecule has 0 saturated carbocycles. The molecule has 1 heterocycles. The first kappa shape index (κ1) is 12.7. The van der Waals surface area contributed by atoms with Crippen LogP contribution in [-0.2, 0) is 4.74 Å². The second-order valence-electron chi connectivity index (χ2n) is 4.27. The van der Waals surface area contributed by atoms with Crippen molar-refractivity contribution in [2.75, 3.05) is 24.7 Å². The van der Waals surface area contributed by atoms with E-state index in [2.05, 4.69) is 5.32 Å². The highest BCUT2D eigenvalue weighted by molar-refractivity contribution is 5.92. The molecule has 1 saturated heterocycles. The minimum atomic E-state index is -0.154. The van der Waals surface area contributed by atoms with E-state index in [9.17, 15) is 9.90 Å². The van der Waals surface area contributed by atoms with Gasteiger partial charge in [-0.2, -0.15) is 0 Å². The number of urea groups is 1. The van der Waals surface area contributed by atoms with E-state index in [1.165, 1.54) is 0 Å². The van der Waals surface area contributed by atoms with Crippen LogP contribution in [0.4, 0.5) is 10.5 Å². The molecule has 1 fully saturated rings. The predicted octanol–water partition coefficient (Wildman–Crippen LogP) is 1.72. The topological polar surface area (TPSA) is 61.8 Å². The predicted molar refractivity (Wildman–Crippen MR) is 68.9 cm³/mol. The van der Waals surface area contributed by atoms with Crippen molar-refractivity contribution in [2.24, 2.45) is 0 Å². The van der Waals surface area contributed by atoms with E-state index in [1.54, 1.807) is 29.2 Å². The Bertz CT molecular complexity index is 416. The van der Waals surface area contributed by atoms with E-state index in [1.807, 2.05) is 6.92 Å². The molecule has 2 amide bonds. The van der Waals surface area contributed by atoms with Gasteiger partial charge in [0.15, 0.2) is 0 Å². The van der Waals surface area contributed by atoms with Crippen molar-refractivity contribution in [3.8, 4) is 5.75 Å². The summed E-state index contributed by atoms with van der Waals surface area (Å²) < 4.78 is 5.22. The van der Waals surface area contributed by atoms with Crippen molar-refractivity contribution in [3.05, 3.63) is 24.3 Å². The maximum atomic E-state index is 12.1. The lowest BCUT2D eigenvalue weighted by Gasteiger charge is -2.23. The lowest BCUT2D eigenvalue weighted by molar-refractivity contribution is 0.189. The van der Waals surface area contributed by atoms with Gasteiger partial charge in [0.1, 0.15) is 5.75 Å². The smallest absolute Gasteiger partial charge is 0.322 e. The lowest BCUT2D eigenvalue weighted by Crippen LogP contribution is -2.45. The van der Waals surface area contributed by atoms with Crippen LogP contribution in [0, 0.1) is 0 Å². The molecule has 0 spiro atoms. The fourth-order valence-electron chi connectivity index (χ4n) is 2.01. The number of rotatable bonds is 3. The second kappa shape index (κ2) is 5.73. The third-order valence-electron chi connectivity index (χ3n) is 2.96. The van der Waals surface area contributed by atoms with Gasteiger partial charge in [-0.05, 0) is 25.5 Å². The van der Waals surface area contributed by atoms with Gasteiger partial charge in [-0.1, -0.05) is 6.07 Å². The maximum absolute atomic E-state index is 12.1. The number of benzene rings is 1. The number of carbonyl (C=O) groups excluding carboxylic acids is 1. The molecule has 5 heteroatoms. The Labute approximate surface area is 106 Å². The fraction of sp³-hybridized carbons (Fsp3) is 0.462. The largest absolute Gasteiger partial charge is 0.508 e. The summed E-state index contributed by atoms with van der Waals surface area (Å²) in [6.45, 7) is 3.71. The molecule has 1 aromatic carbocycles. The van der Waals surface area contributed by atoms with Crippen LogP contribution < -0.4 is 10.2 Å². The van der Waals surface area contributed by atoms with Gasteiger partial charge in [0, 0.05) is 24.9 Å². The summed E-state index contributed by atoms with van der Waals surface area (Å²) in [4.78, 5) is 13.7. The van der Waals surface area contributed by atoms with Crippen LogP contribution in [0.3, 0.4) is 0 Å². The summed E-state index contributed by atoms with van der Waals surface area (Å²) in [6, 6.07) is 6.61. The Balaban J connectivity index is 2.05. The highest BCUT2D eigenvalue weighted by Crippen LogP contribution is 2.20. The average molecular weight is 250 g/mol. The SMILES string of the molecule is CCN(C(=O)NC1CCOC1)c1cccc(O)c1. The number of phenolic OH excluding ortho intramolecular Hbond substituents is 1. The van der Waals surface area contributed by atoms with E-state index in [4.69, 9.17) is 4.74 Å². The van der Waals surface area contributed by atoms with Gasteiger partial charge >= 0.3 is 6.03 Å². The zero-order valence-electron chi connectivity index (χ0n) is 10.4. The molecule has 2 N–H and O–H groups in total. The molecular weight excluding hydrogens is 232 g/mol. The number of hydrogen-bond acceptors (Lipinski definition) is 3. The zero-order valence-corrected chi connectivity index (χ0v) is 10.4. The molecule has 0 aromatic heterocycles. The number of anilines is 1. The summed E-state index contributed by atoms with van der Waals surface area (Å²) >= 11 is 0. The molecule has 0 bridgehead atoms. The molecule has 0 radical (unpaired) electrons. The average Bonchev–Trinajstić information content (AvgIpc) is 2.83. The van der Waals surface area contributed by atoms with Crippen LogP contribution in [0.1, 0.15) is 13.3 Å². The monoisotopic (exact) mass is 250 g/mol. The first-order valence-corrected chi connectivity index (χ1v) is 6.15. The molecular formula is C13H18N2O3. The minimum absolute atomic E-state index is 0.0869. The molecule has 98 valence electrons. The normalized spacial score (nSPS) is 18.6. The zero-order chi connectivity index (χ0) is 13.0. The molecule has 1 atom stereocenters. The Kier molecular flexibility index (Phi) is 4.04. The van der Waals surface area contributed by atoms with Gasteiger partial charge < -0.3 is 15.2 Å². The fourth-order valence-corrected chi connectivity index (χ4v) is 2.01. The number of nitrogens with one attached hydrogen (secondary N) is 1. The van der Waals surface area contributed by atoms with E-state index < -0.39 is 0 Å². The Morgan fingerprint density at radius 2 is 2.44 bits per heavy atom. The molecule has 1 unspecified atom stereocenters. The summed E-state index contributed by atoms with van der Waals surface area (Å²) in [5.74, 6) is 0.156. The Morgan fingerprint density at radius 1 is 1.61 bits per heavy atom. The van der Waals surface area contributed by atoms with Crippen LogP contribution in [0.2, 0.25) is 0 Å². The first-order chi connectivity index (χ1) is 8.70. The van der Waals surface area contributed by atoms with Gasteiger partial charge in [0.05, 0.1) is 12.6 Å². The van der Waals surface area contributed by atoms with Gasteiger partial charge in [0.25, 0.3) is 0 Å². The second-order valence-corrected chi connectivity index (χ2v) is 4.27. The summed E-state index contributed by atoms with van der Waals surface area (Å²) in [5.41, 5.74) is 0.689. The van der Waals surface area contributed by atoms with Crippen molar-refractivity contribution in [2.45, 2.75) is 19.4 Å². The lowest BCUT2D eigenvalue weighted by atomic mass is 10.2. The van der Waals surface area contributed by atoms with Crippen molar-refractivity contribution in [3.63, 3.8) is 0 Å². The molecule has 5 nitrogen and oxygen atoms in total. The van der Waals surface area contributed by atoms with E-state index >= 15 is 0 Å². The summed E-state index contributed by atoms with van der Waals surface area (Å²) in [5, 5.41) is 12.4. The van der Waals surface area contributed by atoms with Crippen molar-refractivity contribution < 1.29 is 14.6 Å². The number of phenols is 1. The van der Waals surface area contributed by atoms with E-state index in [0.29, 0.717) is 25.4 Å². The molecule has 2 rings (SSSR count). The standard InChI is InChI=1S/C13H18N2O3/c1-2-15(11-4-3-5-12(16)8-11)13(17)14-10-6-7-18-9-10/h3-5,8,10,16H,2,6-7,9H2,1H3,(H,14,17). The van der Waals surface area contributed by atoms with Crippen molar-refractivity contribution >= 4 is 11.7 Å². The van der Waals surface area contributed by atoms with E-state index in [0.717, 1.165) is 6.42 Å². The number of aromatic hydroxyl groups is 1. The summed E-state index contributed by atoms with van der Waals surface area (Å²) in [7, 11) is 0. The van der Waals surface area contributed by atoms with Gasteiger partial charge in [-0.25, -0.2) is 4.79 Å². The number of ether oxygens (including phenoxy) is 1. The third-order valence-corrected chi connectivity index (χ3v) is 2.96. The van der Waals surface area contributed by atoms with Gasteiger partial charge in [0.2, 0.25) is 0 Å². The van der Waals surface area contributed by atoms with Crippen molar-refractivity contribution in [1.29, 1.82) is 0 Å². The minimum Gasteiger partial charge on any atom is -0.508 e. The van der Waals surface area contributed by atoms with Crippen molar-refractivity contribution in [1.82, 2.24) is 5.32 Å². The quantitative estimate of drug-likeness (QED) is 0.858. The Hall–Kier alpha value is -1.75. The van der Waals surface area contributed by atoms with Crippen LogP contribution in [0.5, 0.6) is 5.75 Å². The highest BCUT2D eigenvalue weighted by atomic mass is 16.5. The van der Waals surface area contributed by atoms with Crippen LogP contribution in [-0.4, -0.2) is 36.9 Å². The molecule has 1 aliphatic rings. The third kappa shape index (κ3) is 2.92. The number of hydrogen-bond donors (Lipinski definition) is 2. The first-order valence-electron chi connectivity index (χ1n) is 6.15. The van der Waals surface area contributed by atoms with Crippen LogP contribution in [0.15, 0.2) is 24.3 Å².